The predicted molar refractivity (Wildman–Crippen MR) is 91.0 cm³/mol. The van der Waals surface area contributed by atoms with Crippen LogP contribution in [0.5, 0.6) is 0 Å². The van der Waals surface area contributed by atoms with Crippen LogP contribution in [0.4, 0.5) is 5.82 Å². The van der Waals surface area contributed by atoms with Crippen molar-refractivity contribution in [3.63, 3.8) is 0 Å². The number of aromatic nitrogens is 6. The summed E-state index contributed by atoms with van der Waals surface area (Å²) in [7, 11) is 0. The zero-order chi connectivity index (χ0) is 17.5. The van der Waals surface area contributed by atoms with Crippen molar-refractivity contribution in [1.29, 1.82) is 0 Å². The number of hydrogen-bond donors (Lipinski definition) is 2. The molecule has 0 fully saturated rings. The van der Waals surface area contributed by atoms with Crippen LogP contribution in [0.25, 0.3) is 10.9 Å². The fourth-order valence-electron chi connectivity index (χ4n) is 2.38. The second-order valence-electron chi connectivity index (χ2n) is 6.60. The van der Waals surface area contributed by atoms with Gasteiger partial charge in [-0.05, 0) is 29.5 Å². The first kappa shape index (κ1) is 16.4. The summed E-state index contributed by atoms with van der Waals surface area (Å²) in [4.78, 5) is 12.6. The topological polar surface area (TPSA) is 101 Å². The van der Waals surface area contributed by atoms with Crippen molar-refractivity contribution in [2.24, 2.45) is 0 Å². The maximum Gasteiger partial charge on any atom is 0.250 e. The highest BCUT2D eigenvalue weighted by Crippen LogP contribution is 2.27. The van der Waals surface area contributed by atoms with Gasteiger partial charge in [0.15, 0.2) is 11.6 Å². The quantitative estimate of drug-likeness (QED) is 0.758. The SMILES string of the molecule is CC(C(=O)Nc1n[nH]c2c(Cl)cccc12)n1nnnc1C(C)(C)C. The second-order valence-corrected chi connectivity index (χ2v) is 7.00. The molecule has 126 valence electrons. The normalized spacial score (nSPS) is 13.2. The van der Waals surface area contributed by atoms with Gasteiger partial charge >= 0.3 is 0 Å². The molecule has 1 amide bonds. The molecule has 8 nitrogen and oxygen atoms in total. The highest BCUT2D eigenvalue weighted by molar-refractivity contribution is 6.35. The predicted octanol–water partition coefficient (Wildman–Crippen LogP) is 2.70. The van der Waals surface area contributed by atoms with Gasteiger partial charge < -0.3 is 5.32 Å². The number of nitrogens with one attached hydrogen (secondary N) is 2. The van der Waals surface area contributed by atoms with E-state index in [9.17, 15) is 4.79 Å². The molecule has 0 saturated carbocycles. The molecule has 0 saturated heterocycles. The van der Waals surface area contributed by atoms with Gasteiger partial charge in [-0.25, -0.2) is 4.68 Å². The molecule has 2 heterocycles. The van der Waals surface area contributed by atoms with Crippen LogP contribution < -0.4 is 5.32 Å². The molecule has 0 spiro atoms. The third kappa shape index (κ3) is 2.84. The summed E-state index contributed by atoms with van der Waals surface area (Å²) in [6.07, 6.45) is 0. The van der Waals surface area contributed by atoms with Crippen LogP contribution in [0.1, 0.15) is 39.6 Å². The summed E-state index contributed by atoms with van der Waals surface area (Å²) in [5, 5.41) is 22.7. The Morgan fingerprint density at radius 2 is 2.12 bits per heavy atom. The molecule has 0 aliphatic carbocycles. The van der Waals surface area contributed by atoms with E-state index in [1.807, 2.05) is 26.8 Å². The summed E-state index contributed by atoms with van der Waals surface area (Å²) in [6, 6.07) is 4.81. The number of fused-ring (bicyclic) bond motifs is 1. The minimum Gasteiger partial charge on any atom is -0.307 e. The molecule has 24 heavy (non-hydrogen) atoms. The van der Waals surface area contributed by atoms with Crippen molar-refractivity contribution < 1.29 is 4.79 Å². The summed E-state index contributed by atoms with van der Waals surface area (Å²) in [6.45, 7) is 7.71. The molecule has 2 N–H and O–H groups in total. The van der Waals surface area contributed by atoms with Crippen LogP contribution in [0.2, 0.25) is 5.02 Å². The van der Waals surface area contributed by atoms with Crippen molar-refractivity contribution in [2.45, 2.75) is 39.2 Å². The number of benzene rings is 1. The van der Waals surface area contributed by atoms with Crippen LogP contribution in [0, 0.1) is 0 Å². The summed E-state index contributed by atoms with van der Waals surface area (Å²) in [5.74, 6) is 0.802. The number of carbonyl (C=O) groups is 1. The van der Waals surface area contributed by atoms with Gasteiger partial charge in [-0.1, -0.05) is 38.4 Å². The number of carbonyl (C=O) groups excluding carboxylic acids is 1. The van der Waals surface area contributed by atoms with Crippen LogP contribution >= 0.6 is 11.6 Å². The number of tetrazole rings is 1. The van der Waals surface area contributed by atoms with E-state index in [1.54, 1.807) is 19.1 Å². The zero-order valence-electron chi connectivity index (χ0n) is 13.8. The Hall–Kier alpha value is -2.48. The number of halogens is 1. The Labute approximate surface area is 143 Å². The Morgan fingerprint density at radius 3 is 2.83 bits per heavy atom. The van der Waals surface area contributed by atoms with E-state index in [4.69, 9.17) is 11.6 Å². The fourth-order valence-corrected chi connectivity index (χ4v) is 2.60. The van der Waals surface area contributed by atoms with Gasteiger partial charge in [0, 0.05) is 10.8 Å². The summed E-state index contributed by atoms with van der Waals surface area (Å²) < 4.78 is 1.52. The number of rotatable bonds is 3. The molecule has 1 atom stereocenters. The van der Waals surface area contributed by atoms with E-state index in [-0.39, 0.29) is 11.3 Å². The molecule has 0 bridgehead atoms. The van der Waals surface area contributed by atoms with E-state index in [0.717, 1.165) is 5.39 Å². The molecule has 3 aromatic rings. The van der Waals surface area contributed by atoms with E-state index in [1.165, 1.54) is 4.68 Å². The van der Waals surface area contributed by atoms with Gasteiger partial charge in [0.2, 0.25) is 5.91 Å². The maximum atomic E-state index is 12.6. The maximum absolute atomic E-state index is 12.6. The average molecular weight is 348 g/mol. The van der Waals surface area contributed by atoms with E-state index in [2.05, 4.69) is 31.0 Å². The highest BCUT2D eigenvalue weighted by atomic mass is 35.5. The van der Waals surface area contributed by atoms with Crippen LogP contribution in [0.15, 0.2) is 18.2 Å². The zero-order valence-corrected chi connectivity index (χ0v) is 14.6. The monoisotopic (exact) mass is 347 g/mol. The Balaban J connectivity index is 1.87. The van der Waals surface area contributed by atoms with Crippen molar-refractivity contribution >= 4 is 34.2 Å². The Morgan fingerprint density at radius 1 is 1.38 bits per heavy atom. The number of nitrogens with zero attached hydrogens (tertiary/aromatic N) is 5. The van der Waals surface area contributed by atoms with Crippen LogP contribution in [-0.2, 0) is 10.2 Å². The third-order valence-electron chi connectivity index (χ3n) is 3.70. The number of amides is 1. The van der Waals surface area contributed by atoms with Crippen molar-refractivity contribution in [3.05, 3.63) is 29.0 Å². The number of anilines is 1. The van der Waals surface area contributed by atoms with Gasteiger partial charge in [-0.15, -0.1) is 5.10 Å². The van der Waals surface area contributed by atoms with Crippen LogP contribution in [0.3, 0.4) is 0 Å². The first-order valence-corrected chi connectivity index (χ1v) is 7.88. The lowest BCUT2D eigenvalue weighted by Gasteiger charge is -2.20. The molecule has 0 radical (unpaired) electrons. The van der Waals surface area contributed by atoms with E-state index in [0.29, 0.717) is 22.2 Å². The smallest absolute Gasteiger partial charge is 0.250 e. The largest absolute Gasteiger partial charge is 0.307 e. The van der Waals surface area contributed by atoms with Crippen molar-refractivity contribution in [2.75, 3.05) is 5.32 Å². The molecule has 1 unspecified atom stereocenters. The summed E-state index contributed by atoms with van der Waals surface area (Å²) in [5.41, 5.74) is 0.407. The molecular weight excluding hydrogens is 330 g/mol. The first-order chi connectivity index (χ1) is 11.3. The minimum absolute atomic E-state index is 0.263. The van der Waals surface area contributed by atoms with Crippen molar-refractivity contribution in [3.8, 4) is 0 Å². The van der Waals surface area contributed by atoms with Gasteiger partial charge in [0.25, 0.3) is 0 Å². The van der Waals surface area contributed by atoms with Gasteiger partial charge in [-0.2, -0.15) is 5.10 Å². The fraction of sp³-hybridized carbons (Fsp3) is 0.400. The average Bonchev–Trinajstić information content (AvgIpc) is 3.14. The van der Waals surface area contributed by atoms with E-state index >= 15 is 0 Å². The van der Waals surface area contributed by atoms with Crippen LogP contribution in [-0.4, -0.2) is 36.3 Å². The standard InChI is InChI=1S/C15H18ClN7O/c1-8(23-14(15(2,3)4)20-21-22-23)13(24)17-12-9-6-5-7-10(16)11(9)18-19-12/h5-8H,1-4H3,(H2,17,18,19,24). The van der Waals surface area contributed by atoms with E-state index < -0.39 is 6.04 Å². The number of H-pyrrole nitrogens is 1. The highest BCUT2D eigenvalue weighted by Gasteiger charge is 2.28. The molecule has 0 aliphatic heterocycles. The lowest BCUT2D eigenvalue weighted by Crippen LogP contribution is -2.29. The summed E-state index contributed by atoms with van der Waals surface area (Å²) >= 11 is 6.11. The van der Waals surface area contributed by atoms with Gasteiger partial charge in [-0.3, -0.25) is 9.89 Å². The molecule has 2 aromatic heterocycles. The molecule has 9 heteroatoms. The Bertz CT molecular complexity index is 893. The molecule has 0 aliphatic rings. The van der Waals surface area contributed by atoms with Gasteiger partial charge in [0.05, 0.1) is 10.5 Å². The lowest BCUT2D eigenvalue weighted by atomic mass is 9.95. The van der Waals surface area contributed by atoms with Gasteiger partial charge in [0.1, 0.15) is 6.04 Å². The number of para-hydroxylation sites is 1. The minimum atomic E-state index is -0.583. The third-order valence-corrected chi connectivity index (χ3v) is 4.01. The Kier molecular flexibility index (Phi) is 4.00. The molecular formula is C15H18ClN7O. The number of aromatic amines is 1. The number of hydrogen-bond acceptors (Lipinski definition) is 5. The molecule has 3 rings (SSSR count). The molecule has 1 aromatic carbocycles. The van der Waals surface area contributed by atoms with Crippen molar-refractivity contribution in [1.82, 2.24) is 30.4 Å². The second kappa shape index (κ2) is 5.86. The lowest BCUT2D eigenvalue weighted by molar-refractivity contribution is -0.119. The first-order valence-electron chi connectivity index (χ1n) is 7.51.